The molecule has 5 heteroatoms. The van der Waals surface area contributed by atoms with Gasteiger partial charge in [0.15, 0.2) is 0 Å². The number of hydrogen-bond acceptors (Lipinski definition) is 2. The Bertz CT molecular complexity index is 227. The summed E-state index contributed by atoms with van der Waals surface area (Å²) in [5.74, 6) is -0.107. The van der Waals surface area contributed by atoms with E-state index < -0.39 is 0 Å². The Balaban J connectivity index is 4.08. The van der Waals surface area contributed by atoms with E-state index in [2.05, 4.69) is 5.32 Å². The first-order valence-electron chi connectivity index (χ1n) is 5.83. The molecule has 0 aromatic rings. The minimum Gasteiger partial charge on any atom is -0.355 e. The number of rotatable bonds is 6. The summed E-state index contributed by atoms with van der Waals surface area (Å²) >= 11 is 0. The van der Waals surface area contributed by atoms with Crippen molar-refractivity contribution >= 4 is 11.9 Å². The molecular formula is C11H23N3O2. The van der Waals surface area contributed by atoms with E-state index in [-0.39, 0.29) is 18.5 Å². The molecule has 0 aliphatic rings. The van der Waals surface area contributed by atoms with E-state index in [1.807, 2.05) is 20.8 Å². The second kappa shape index (κ2) is 7.96. The van der Waals surface area contributed by atoms with Crippen LogP contribution in [0.5, 0.6) is 0 Å². The van der Waals surface area contributed by atoms with Crippen LogP contribution in [0.3, 0.4) is 0 Å². The maximum atomic E-state index is 11.8. The normalized spacial score (nSPS) is 9.75. The van der Waals surface area contributed by atoms with E-state index >= 15 is 0 Å². The van der Waals surface area contributed by atoms with Crippen molar-refractivity contribution in [3.63, 3.8) is 0 Å². The van der Waals surface area contributed by atoms with Gasteiger partial charge in [0.2, 0.25) is 5.91 Å². The summed E-state index contributed by atoms with van der Waals surface area (Å²) in [6.45, 7) is 7.94. The zero-order valence-electron chi connectivity index (χ0n) is 10.7. The fourth-order valence-electron chi connectivity index (χ4n) is 1.34. The molecule has 0 saturated carbocycles. The molecule has 5 nitrogen and oxygen atoms in total. The first-order valence-corrected chi connectivity index (χ1v) is 5.83. The lowest BCUT2D eigenvalue weighted by Crippen LogP contribution is -2.45. The van der Waals surface area contributed by atoms with E-state index in [1.54, 1.807) is 11.9 Å². The lowest BCUT2D eigenvalue weighted by atomic mass is 10.4. The molecule has 0 unspecified atom stereocenters. The highest BCUT2D eigenvalue weighted by molar-refractivity contribution is 5.83. The third-order valence-electron chi connectivity index (χ3n) is 2.31. The van der Waals surface area contributed by atoms with Crippen molar-refractivity contribution in [3.05, 3.63) is 0 Å². The molecule has 0 heterocycles. The summed E-state index contributed by atoms with van der Waals surface area (Å²) in [7, 11) is 1.65. The van der Waals surface area contributed by atoms with Crippen LogP contribution in [0.4, 0.5) is 4.79 Å². The van der Waals surface area contributed by atoms with E-state index in [9.17, 15) is 9.59 Å². The number of carbonyl (C=O) groups excluding carboxylic acids is 2. The van der Waals surface area contributed by atoms with Crippen LogP contribution in [0, 0.1) is 0 Å². The van der Waals surface area contributed by atoms with Gasteiger partial charge in [0.05, 0.1) is 0 Å². The summed E-state index contributed by atoms with van der Waals surface area (Å²) < 4.78 is 0. The van der Waals surface area contributed by atoms with E-state index in [1.165, 1.54) is 4.90 Å². The summed E-state index contributed by atoms with van der Waals surface area (Å²) in [5, 5.41) is 2.74. The number of urea groups is 1. The Kier molecular flexibility index (Phi) is 7.33. The Morgan fingerprint density at radius 2 is 1.69 bits per heavy atom. The summed E-state index contributed by atoms with van der Waals surface area (Å²) in [5.41, 5.74) is 0. The third kappa shape index (κ3) is 5.00. The van der Waals surface area contributed by atoms with Crippen molar-refractivity contribution in [1.82, 2.24) is 15.1 Å². The molecule has 3 amide bonds. The average molecular weight is 229 g/mol. The third-order valence-corrected chi connectivity index (χ3v) is 2.31. The Morgan fingerprint density at radius 3 is 2.12 bits per heavy atom. The van der Waals surface area contributed by atoms with Gasteiger partial charge in [-0.15, -0.1) is 0 Å². The predicted octanol–water partition coefficient (Wildman–Crippen LogP) is 0.906. The molecule has 0 atom stereocenters. The quantitative estimate of drug-likeness (QED) is 0.736. The number of amides is 3. The fraction of sp³-hybridized carbons (Fsp3) is 0.818. The zero-order valence-corrected chi connectivity index (χ0v) is 10.7. The molecule has 0 bridgehead atoms. The largest absolute Gasteiger partial charge is 0.355 e. The summed E-state index contributed by atoms with van der Waals surface area (Å²) in [6.07, 6.45) is 0.902. The molecule has 1 N–H and O–H groups in total. The Morgan fingerprint density at radius 1 is 1.12 bits per heavy atom. The molecule has 94 valence electrons. The summed E-state index contributed by atoms with van der Waals surface area (Å²) in [6, 6.07) is -0.100. The number of nitrogens with zero attached hydrogens (tertiary/aromatic N) is 2. The molecule has 0 aliphatic carbocycles. The zero-order chi connectivity index (χ0) is 12.6. The molecule has 0 aliphatic heterocycles. The standard InChI is InChI=1S/C11H23N3O2/c1-5-8-12-10(15)9-13(4)11(16)14(6-2)7-3/h5-9H2,1-4H3,(H,12,15). The van der Waals surface area contributed by atoms with Gasteiger partial charge >= 0.3 is 6.03 Å². The summed E-state index contributed by atoms with van der Waals surface area (Å²) in [4.78, 5) is 26.3. The van der Waals surface area contributed by atoms with Gasteiger partial charge in [0.25, 0.3) is 0 Å². The van der Waals surface area contributed by atoms with Crippen LogP contribution in [0.2, 0.25) is 0 Å². The van der Waals surface area contributed by atoms with Crippen molar-refractivity contribution in [3.8, 4) is 0 Å². The Hall–Kier alpha value is -1.26. The van der Waals surface area contributed by atoms with Gasteiger partial charge in [0, 0.05) is 26.7 Å². The van der Waals surface area contributed by atoms with Crippen LogP contribution in [0.1, 0.15) is 27.2 Å². The van der Waals surface area contributed by atoms with Crippen LogP contribution in [-0.4, -0.2) is 55.0 Å². The highest BCUT2D eigenvalue weighted by Crippen LogP contribution is 1.95. The highest BCUT2D eigenvalue weighted by Gasteiger charge is 2.16. The van der Waals surface area contributed by atoms with Crippen LogP contribution >= 0.6 is 0 Å². The molecule has 0 aromatic carbocycles. The van der Waals surface area contributed by atoms with Gasteiger partial charge in [-0.25, -0.2) is 4.79 Å². The molecule has 0 aromatic heterocycles. The van der Waals surface area contributed by atoms with Crippen molar-refractivity contribution < 1.29 is 9.59 Å². The molecular weight excluding hydrogens is 206 g/mol. The molecule has 0 fully saturated rings. The average Bonchev–Trinajstić information content (AvgIpc) is 2.27. The minimum absolute atomic E-state index is 0.100. The molecule has 16 heavy (non-hydrogen) atoms. The van der Waals surface area contributed by atoms with Gasteiger partial charge in [-0.2, -0.15) is 0 Å². The number of likely N-dealkylation sites (N-methyl/N-ethyl adjacent to an activating group) is 1. The van der Waals surface area contributed by atoms with E-state index in [0.717, 1.165) is 6.42 Å². The topological polar surface area (TPSA) is 52.7 Å². The fourth-order valence-corrected chi connectivity index (χ4v) is 1.34. The van der Waals surface area contributed by atoms with Crippen molar-refractivity contribution in [2.24, 2.45) is 0 Å². The maximum absolute atomic E-state index is 11.8. The van der Waals surface area contributed by atoms with Gasteiger partial charge in [-0.3, -0.25) is 4.79 Å². The van der Waals surface area contributed by atoms with Gasteiger partial charge in [0.1, 0.15) is 6.54 Å². The lowest BCUT2D eigenvalue weighted by molar-refractivity contribution is -0.121. The monoisotopic (exact) mass is 229 g/mol. The predicted molar refractivity (Wildman–Crippen MR) is 64.2 cm³/mol. The van der Waals surface area contributed by atoms with Gasteiger partial charge in [-0.05, 0) is 20.3 Å². The smallest absolute Gasteiger partial charge is 0.320 e. The molecule has 0 radical (unpaired) electrons. The van der Waals surface area contributed by atoms with E-state index in [4.69, 9.17) is 0 Å². The molecule has 0 saturated heterocycles. The SMILES string of the molecule is CCCNC(=O)CN(C)C(=O)N(CC)CC. The van der Waals surface area contributed by atoms with Gasteiger partial charge in [-0.1, -0.05) is 6.92 Å². The van der Waals surface area contributed by atoms with Crippen LogP contribution in [0.25, 0.3) is 0 Å². The number of carbonyl (C=O) groups is 2. The van der Waals surface area contributed by atoms with Crippen molar-refractivity contribution in [2.45, 2.75) is 27.2 Å². The van der Waals surface area contributed by atoms with Crippen LogP contribution in [-0.2, 0) is 4.79 Å². The molecule has 0 rings (SSSR count). The maximum Gasteiger partial charge on any atom is 0.320 e. The first kappa shape index (κ1) is 14.7. The second-order valence-corrected chi connectivity index (χ2v) is 3.66. The van der Waals surface area contributed by atoms with E-state index in [0.29, 0.717) is 19.6 Å². The number of hydrogen-bond donors (Lipinski definition) is 1. The number of nitrogens with one attached hydrogen (secondary N) is 1. The van der Waals surface area contributed by atoms with Crippen molar-refractivity contribution in [1.29, 1.82) is 0 Å². The van der Waals surface area contributed by atoms with Crippen molar-refractivity contribution in [2.75, 3.05) is 33.2 Å². The van der Waals surface area contributed by atoms with Crippen LogP contribution in [0.15, 0.2) is 0 Å². The molecule has 0 spiro atoms. The highest BCUT2D eigenvalue weighted by atomic mass is 16.2. The Labute approximate surface area is 97.8 Å². The first-order chi connectivity index (χ1) is 7.56. The minimum atomic E-state index is -0.107. The lowest BCUT2D eigenvalue weighted by Gasteiger charge is -2.25. The second-order valence-electron chi connectivity index (χ2n) is 3.66. The van der Waals surface area contributed by atoms with Crippen LogP contribution < -0.4 is 5.32 Å². The van der Waals surface area contributed by atoms with Gasteiger partial charge < -0.3 is 15.1 Å².